The summed E-state index contributed by atoms with van der Waals surface area (Å²) in [4.78, 5) is 11.8. The van der Waals surface area contributed by atoms with Crippen molar-refractivity contribution in [1.82, 2.24) is 5.32 Å². The van der Waals surface area contributed by atoms with Gasteiger partial charge in [-0.3, -0.25) is 4.79 Å². The molecule has 94 valence electrons. The van der Waals surface area contributed by atoms with Crippen molar-refractivity contribution in [3.8, 4) is 5.75 Å². The summed E-state index contributed by atoms with van der Waals surface area (Å²) in [5.41, 5.74) is 5.79. The van der Waals surface area contributed by atoms with Crippen LogP contribution in [0, 0.1) is 0 Å². The first-order valence-corrected chi connectivity index (χ1v) is 5.59. The van der Waals surface area contributed by atoms with Gasteiger partial charge in [0.1, 0.15) is 5.75 Å². The molecule has 0 spiro atoms. The van der Waals surface area contributed by atoms with Crippen LogP contribution in [0.25, 0.3) is 0 Å². The molecule has 4 nitrogen and oxygen atoms in total. The second kappa shape index (κ2) is 5.19. The fraction of sp³-hybridized carbons (Fsp3) is 0.462. The third kappa shape index (κ3) is 3.46. The Bertz CT molecular complexity index is 397. The van der Waals surface area contributed by atoms with E-state index in [1.165, 1.54) is 0 Å². The predicted octanol–water partition coefficient (Wildman–Crippen LogP) is 1.61. The number of ether oxygens (including phenoxy) is 1. The minimum Gasteiger partial charge on any atom is -0.496 e. The molecule has 0 aliphatic rings. The minimum atomic E-state index is -0.879. The van der Waals surface area contributed by atoms with Gasteiger partial charge in [-0.2, -0.15) is 0 Å². The third-order valence-electron chi connectivity index (χ3n) is 2.54. The van der Waals surface area contributed by atoms with E-state index in [0.29, 0.717) is 0 Å². The number of carbonyl (C=O) groups is 1. The summed E-state index contributed by atoms with van der Waals surface area (Å²) >= 11 is 0. The van der Waals surface area contributed by atoms with E-state index in [9.17, 15) is 4.79 Å². The smallest absolute Gasteiger partial charge is 0.239 e. The van der Waals surface area contributed by atoms with Gasteiger partial charge in [0, 0.05) is 5.56 Å². The predicted molar refractivity (Wildman–Crippen MR) is 67.8 cm³/mol. The molecule has 0 unspecified atom stereocenters. The molecular weight excluding hydrogens is 216 g/mol. The van der Waals surface area contributed by atoms with E-state index in [1.54, 1.807) is 21.0 Å². The van der Waals surface area contributed by atoms with E-state index in [2.05, 4.69) is 5.32 Å². The molecule has 1 aromatic rings. The molecule has 0 saturated heterocycles. The van der Waals surface area contributed by atoms with Crippen molar-refractivity contribution in [1.29, 1.82) is 0 Å². The fourth-order valence-corrected chi connectivity index (χ4v) is 1.48. The molecule has 0 fully saturated rings. The standard InChI is InChI=1S/C13H20N2O2/c1-9(15-12(16)13(2,3)14)10-7-5-6-8-11(10)17-4/h5-9H,14H2,1-4H3,(H,15,16)/t9-/m0/s1. The van der Waals surface area contributed by atoms with Crippen LogP contribution in [0.5, 0.6) is 5.75 Å². The summed E-state index contributed by atoms with van der Waals surface area (Å²) in [6.45, 7) is 5.26. The van der Waals surface area contributed by atoms with E-state index >= 15 is 0 Å². The molecule has 1 aromatic carbocycles. The molecular formula is C13H20N2O2. The lowest BCUT2D eigenvalue weighted by Gasteiger charge is -2.23. The highest BCUT2D eigenvalue weighted by molar-refractivity contribution is 5.85. The van der Waals surface area contributed by atoms with E-state index < -0.39 is 5.54 Å². The average Bonchev–Trinajstić information content (AvgIpc) is 2.27. The van der Waals surface area contributed by atoms with Gasteiger partial charge in [-0.15, -0.1) is 0 Å². The van der Waals surface area contributed by atoms with E-state index in [0.717, 1.165) is 11.3 Å². The fourth-order valence-electron chi connectivity index (χ4n) is 1.48. The molecule has 4 heteroatoms. The Balaban J connectivity index is 2.83. The number of methoxy groups -OCH3 is 1. The molecule has 0 aromatic heterocycles. The topological polar surface area (TPSA) is 64.3 Å². The summed E-state index contributed by atoms with van der Waals surface area (Å²) in [5.74, 6) is 0.575. The largest absolute Gasteiger partial charge is 0.496 e. The molecule has 0 aliphatic heterocycles. The molecule has 1 atom stereocenters. The van der Waals surface area contributed by atoms with Crippen LogP contribution in [0.15, 0.2) is 24.3 Å². The monoisotopic (exact) mass is 236 g/mol. The number of amides is 1. The van der Waals surface area contributed by atoms with Gasteiger partial charge in [0.05, 0.1) is 18.7 Å². The first kappa shape index (κ1) is 13.5. The molecule has 1 amide bonds. The second-order valence-corrected chi connectivity index (χ2v) is 4.66. The van der Waals surface area contributed by atoms with Crippen LogP contribution >= 0.6 is 0 Å². The van der Waals surface area contributed by atoms with E-state index in [1.807, 2.05) is 31.2 Å². The van der Waals surface area contributed by atoms with Gasteiger partial charge in [-0.25, -0.2) is 0 Å². The maximum absolute atomic E-state index is 11.8. The van der Waals surface area contributed by atoms with Crippen LogP contribution < -0.4 is 15.8 Å². The number of hydrogen-bond donors (Lipinski definition) is 2. The molecule has 0 heterocycles. The van der Waals surface area contributed by atoms with Crippen molar-refractivity contribution in [2.24, 2.45) is 5.73 Å². The third-order valence-corrected chi connectivity index (χ3v) is 2.54. The normalized spacial score (nSPS) is 13.0. The molecule has 17 heavy (non-hydrogen) atoms. The quantitative estimate of drug-likeness (QED) is 0.834. The SMILES string of the molecule is COc1ccccc1[C@H](C)NC(=O)C(C)(C)N. The highest BCUT2D eigenvalue weighted by Gasteiger charge is 2.24. The van der Waals surface area contributed by atoms with Crippen LogP contribution in [0.4, 0.5) is 0 Å². The van der Waals surface area contributed by atoms with E-state index in [4.69, 9.17) is 10.5 Å². The van der Waals surface area contributed by atoms with Crippen molar-refractivity contribution < 1.29 is 9.53 Å². The summed E-state index contributed by atoms with van der Waals surface area (Å²) in [6.07, 6.45) is 0. The zero-order chi connectivity index (χ0) is 13.1. The van der Waals surface area contributed by atoms with Gasteiger partial charge in [-0.05, 0) is 26.8 Å². The Morgan fingerprint density at radius 2 is 2.00 bits per heavy atom. The van der Waals surface area contributed by atoms with Crippen LogP contribution in [-0.4, -0.2) is 18.6 Å². The number of para-hydroxylation sites is 1. The lowest BCUT2D eigenvalue weighted by molar-refractivity contribution is -0.125. The van der Waals surface area contributed by atoms with Gasteiger partial charge in [0.25, 0.3) is 0 Å². The van der Waals surface area contributed by atoms with Gasteiger partial charge in [0.15, 0.2) is 0 Å². The molecule has 0 aliphatic carbocycles. The van der Waals surface area contributed by atoms with Gasteiger partial charge in [-0.1, -0.05) is 18.2 Å². The molecule has 0 saturated carbocycles. The van der Waals surface area contributed by atoms with Crippen molar-refractivity contribution in [2.45, 2.75) is 32.4 Å². The Morgan fingerprint density at radius 3 is 2.53 bits per heavy atom. The summed E-state index contributed by atoms with van der Waals surface area (Å²) in [5, 5.41) is 2.87. The first-order valence-electron chi connectivity index (χ1n) is 5.59. The summed E-state index contributed by atoms with van der Waals surface area (Å²) < 4.78 is 5.25. The molecule has 0 radical (unpaired) electrons. The van der Waals surface area contributed by atoms with Crippen LogP contribution in [0.3, 0.4) is 0 Å². The maximum atomic E-state index is 11.8. The van der Waals surface area contributed by atoms with Crippen molar-refractivity contribution in [3.63, 3.8) is 0 Å². The van der Waals surface area contributed by atoms with Crippen LogP contribution in [0.2, 0.25) is 0 Å². The number of hydrogen-bond acceptors (Lipinski definition) is 3. The number of nitrogens with one attached hydrogen (secondary N) is 1. The number of benzene rings is 1. The van der Waals surface area contributed by atoms with Crippen molar-refractivity contribution >= 4 is 5.91 Å². The van der Waals surface area contributed by atoms with Gasteiger partial charge >= 0.3 is 0 Å². The number of carbonyl (C=O) groups excluding carboxylic acids is 1. The Morgan fingerprint density at radius 1 is 1.41 bits per heavy atom. The first-order chi connectivity index (χ1) is 7.86. The Hall–Kier alpha value is -1.55. The maximum Gasteiger partial charge on any atom is 0.239 e. The highest BCUT2D eigenvalue weighted by Crippen LogP contribution is 2.24. The van der Waals surface area contributed by atoms with Gasteiger partial charge < -0.3 is 15.8 Å². The van der Waals surface area contributed by atoms with Gasteiger partial charge in [0.2, 0.25) is 5.91 Å². The zero-order valence-corrected chi connectivity index (χ0v) is 10.8. The molecule has 0 bridgehead atoms. The minimum absolute atomic E-state index is 0.138. The molecule has 1 rings (SSSR count). The Labute approximate surface area is 102 Å². The van der Waals surface area contributed by atoms with E-state index in [-0.39, 0.29) is 11.9 Å². The van der Waals surface area contributed by atoms with Crippen LogP contribution in [0.1, 0.15) is 32.4 Å². The number of rotatable bonds is 4. The second-order valence-electron chi connectivity index (χ2n) is 4.66. The highest BCUT2D eigenvalue weighted by atomic mass is 16.5. The number of nitrogens with two attached hydrogens (primary N) is 1. The Kier molecular flexibility index (Phi) is 4.12. The van der Waals surface area contributed by atoms with Crippen molar-refractivity contribution in [3.05, 3.63) is 29.8 Å². The van der Waals surface area contributed by atoms with Crippen LogP contribution in [-0.2, 0) is 4.79 Å². The lowest BCUT2D eigenvalue weighted by atomic mass is 10.0. The molecule has 3 N–H and O–H groups in total. The zero-order valence-electron chi connectivity index (χ0n) is 10.8. The van der Waals surface area contributed by atoms with Crippen molar-refractivity contribution in [2.75, 3.05) is 7.11 Å². The summed E-state index contributed by atoms with van der Waals surface area (Å²) in [7, 11) is 1.61. The lowest BCUT2D eigenvalue weighted by Crippen LogP contribution is -2.49. The average molecular weight is 236 g/mol. The summed E-state index contributed by atoms with van der Waals surface area (Å²) in [6, 6.07) is 7.46.